The van der Waals surface area contributed by atoms with Gasteiger partial charge in [0.15, 0.2) is 0 Å². The Morgan fingerprint density at radius 3 is 2.53 bits per heavy atom. The van der Waals surface area contributed by atoms with E-state index in [2.05, 4.69) is 11.8 Å². The molecule has 156 valence electrons. The lowest BCUT2D eigenvalue weighted by Gasteiger charge is -2.33. The van der Waals surface area contributed by atoms with E-state index in [1.54, 1.807) is 13.2 Å². The summed E-state index contributed by atoms with van der Waals surface area (Å²) in [6, 6.07) is 14.7. The summed E-state index contributed by atoms with van der Waals surface area (Å²) < 4.78 is 5.51. The number of benzene rings is 2. The van der Waals surface area contributed by atoms with Gasteiger partial charge in [-0.05, 0) is 36.5 Å². The summed E-state index contributed by atoms with van der Waals surface area (Å²) >= 11 is 6.31. The maximum atomic E-state index is 13.6. The molecule has 0 aromatic heterocycles. The second-order valence-corrected chi connectivity index (χ2v) is 8.31. The number of likely N-dealkylation sites (tertiary alicyclic amines) is 1. The van der Waals surface area contributed by atoms with Gasteiger partial charge >= 0.3 is 0 Å². The summed E-state index contributed by atoms with van der Waals surface area (Å²) in [6.45, 7) is 3.84. The van der Waals surface area contributed by atoms with Crippen LogP contribution in [0, 0.1) is 5.92 Å². The first kappa shape index (κ1) is 20.5. The molecule has 5 nitrogen and oxygen atoms in total. The Kier molecular flexibility index (Phi) is 5.82. The number of para-hydroxylation sites is 1. The molecule has 2 aromatic carbocycles. The lowest BCUT2D eigenvalue weighted by molar-refractivity contribution is -0.138. The summed E-state index contributed by atoms with van der Waals surface area (Å²) in [5.74, 6) is 0.467. The van der Waals surface area contributed by atoms with Crippen LogP contribution < -0.4 is 4.74 Å². The van der Waals surface area contributed by atoms with E-state index in [0.717, 1.165) is 31.5 Å². The fourth-order valence-electron chi connectivity index (χ4n) is 4.28. The number of hydrogen-bond donors (Lipinski definition) is 0. The fourth-order valence-corrected chi connectivity index (χ4v) is 4.48. The van der Waals surface area contributed by atoms with E-state index < -0.39 is 0 Å². The van der Waals surface area contributed by atoms with Crippen LogP contribution in [0.1, 0.15) is 30.9 Å². The van der Waals surface area contributed by atoms with Crippen LogP contribution in [-0.2, 0) is 16.1 Å². The molecule has 4 rings (SSSR count). The third kappa shape index (κ3) is 3.70. The molecule has 6 heteroatoms. The van der Waals surface area contributed by atoms with Crippen molar-refractivity contribution in [1.82, 2.24) is 9.80 Å². The number of methoxy groups -OCH3 is 1. The van der Waals surface area contributed by atoms with Crippen LogP contribution in [-0.4, -0.2) is 41.8 Å². The molecule has 1 fully saturated rings. The Bertz CT molecular complexity index is 1020. The zero-order valence-electron chi connectivity index (χ0n) is 17.2. The number of ether oxygens (including phenoxy) is 1. The molecule has 2 aliphatic heterocycles. The molecule has 1 unspecified atom stereocenters. The largest absolute Gasteiger partial charge is 0.496 e. The monoisotopic (exact) mass is 424 g/mol. The van der Waals surface area contributed by atoms with Crippen LogP contribution in [0.25, 0.3) is 5.57 Å². The van der Waals surface area contributed by atoms with Crippen molar-refractivity contribution in [2.45, 2.75) is 26.3 Å². The zero-order valence-corrected chi connectivity index (χ0v) is 18.0. The lowest BCUT2D eigenvalue weighted by Crippen LogP contribution is -2.39. The number of hydrogen-bond acceptors (Lipinski definition) is 4. The second kappa shape index (κ2) is 8.52. The average Bonchev–Trinajstić information content (AvgIpc) is 2.99. The van der Waals surface area contributed by atoms with Crippen molar-refractivity contribution in [2.75, 3.05) is 20.2 Å². The van der Waals surface area contributed by atoms with E-state index in [-0.39, 0.29) is 18.4 Å². The standard InChI is InChI=1S/C24H25ClN2O3/c1-16-8-7-13-26(14-16)22-21(18-10-4-6-12-20(18)30-2)23(28)27(24(22)29)15-17-9-3-5-11-19(17)25/h3-6,9-12,16H,7-8,13-15H2,1-2H3. The van der Waals surface area contributed by atoms with Crippen LogP contribution in [0.5, 0.6) is 5.75 Å². The van der Waals surface area contributed by atoms with Crippen molar-refractivity contribution in [3.63, 3.8) is 0 Å². The fraction of sp³-hybridized carbons (Fsp3) is 0.333. The molecule has 0 radical (unpaired) electrons. The summed E-state index contributed by atoms with van der Waals surface area (Å²) in [5, 5.41) is 0.539. The van der Waals surface area contributed by atoms with Gasteiger partial charge in [0.05, 0.1) is 19.2 Å². The van der Waals surface area contributed by atoms with Crippen molar-refractivity contribution in [3.8, 4) is 5.75 Å². The van der Waals surface area contributed by atoms with E-state index >= 15 is 0 Å². The predicted molar refractivity (Wildman–Crippen MR) is 117 cm³/mol. The van der Waals surface area contributed by atoms with Crippen LogP contribution in [0.15, 0.2) is 54.2 Å². The molecule has 2 aromatic rings. The highest BCUT2D eigenvalue weighted by molar-refractivity contribution is 6.36. The molecule has 0 saturated carbocycles. The van der Waals surface area contributed by atoms with Gasteiger partial charge in [0.25, 0.3) is 11.8 Å². The lowest BCUT2D eigenvalue weighted by atomic mass is 9.97. The Morgan fingerprint density at radius 1 is 1.07 bits per heavy atom. The van der Waals surface area contributed by atoms with Gasteiger partial charge in [-0.25, -0.2) is 0 Å². The number of halogens is 1. The SMILES string of the molecule is COc1ccccc1C1=C(N2CCCC(C)C2)C(=O)N(Cc2ccccc2Cl)C1=O. The van der Waals surface area contributed by atoms with E-state index in [9.17, 15) is 9.59 Å². The molecule has 1 atom stereocenters. The minimum Gasteiger partial charge on any atom is -0.496 e. The molecule has 0 aliphatic carbocycles. The van der Waals surface area contributed by atoms with Gasteiger partial charge in [0.1, 0.15) is 11.4 Å². The van der Waals surface area contributed by atoms with Crippen molar-refractivity contribution in [1.29, 1.82) is 0 Å². The number of rotatable bonds is 5. The minimum absolute atomic E-state index is 0.142. The van der Waals surface area contributed by atoms with Crippen LogP contribution in [0.3, 0.4) is 0 Å². The predicted octanol–water partition coefficient (Wildman–Crippen LogP) is 4.36. The molecule has 2 amide bonds. The third-order valence-electron chi connectivity index (χ3n) is 5.78. The van der Waals surface area contributed by atoms with Crippen LogP contribution in [0.4, 0.5) is 0 Å². The summed E-state index contributed by atoms with van der Waals surface area (Å²) in [5.41, 5.74) is 2.28. The van der Waals surface area contributed by atoms with Crippen molar-refractivity contribution < 1.29 is 14.3 Å². The van der Waals surface area contributed by atoms with Gasteiger partial charge in [-0.15, -0.1) is 0 Å². The number of carbonyl (C=O) groups excluding carboxylic acids is 2. The van der Waals surface area contributed by atoms with E-state index in [0.29, 0.717) is 33.5 Å². The Balaban J connectivity index is 1.79. The highest BCUT2D eigenvalue weighted by Gasteiger charge is 2.43. The van der Waals surface area contributed by atoms with E-state index in [1.165, 1.54) is 4.90 Å². The average molecular weight is 425 g/mol. The first-order valence-electron chi connectivity index (χ1n) is 10.2. The Labute approximate surface area is 181 Å². The normalized spacial score (nSPS) is 19.6. The van der Waals surface area contributed by atoms with Gasteiger partial charge < -0.3 is 9.64 Å². The minimum atomic E-state index is -0.308. The first-order valence-corrected chi connectivity index (χ1v) is 10.6. The quantitative estimate of drug-likeness (QED) is 0.669. The maximum Gasteiger partial charge on any atom is 0.278 e. The first-order chi connectivity index (χ1) is 14.5. The third-order valence-corrected chi connectivity index (χ3v) is 6.15. The number of nitrogens with zero attached hydrogens (tertiary/aromatic N) is 2. The van der Waals surface area contributed by atoms with Crippen LogP contribution in [0.2, 0.25) is 5.02 Å². The highest BCUT2D eigenvalue weighted by atomic mass is 35.5. The van der Waals surface area contributed by atoms with Gasteiger partial charge in [-0.1, -0.05) is 54.9 Å². The van der Waals surface area contributed by atoms with Crippen molar-refractivity contribution in [2.24, 2.45) is 5.92 Å². The molecule has 2 heterocycles. The smallest absolute Gasteiger partial charge is 0.278 e. The van der Waals surface area contributed by atoms with Gasteiger partial charge in [-0.2, -0.15) is 0 Å². The zero-order chi connectivity index (χ0) is 21.3. The molecule has 30 heavy (non-hydrogen) atoms. The van der Waals surface area contributed by atoms with Crippen molar-refractivity contribution in [3.05, 3.63) is 70.4 Å². The number of imide groups is 1. The maximum absolute atomic E-state index is 13.6. The van der Waals surface area contributed by atoms with Gasteiger partial charge in [-0.3, -0.25) is 14.5 Å². The topological polar surface area (TPSA) is 49.9 Å². The number of carbonyl (C=O) groups is 2. The molecule has 2 aliphatic rings. The summed E-state index contributed by atoms with van der Waals surface area (Å²) in [4.78, 5) is 30.5. The van der Waals surface area contributed by atoms with Gasteiger partial charge in [0.2, 0.25) is 0 Å². The number of piperidine rings is 1. The van der Waals surface area contributed by atoms with Gasteiger partial charge in [0, 0.05) is 23.7 Å². The molecule has 0 bridgehead atoms. The molecular weight excluding hydrogens is 400 g/mol. The second-order valence-electron chi connectivity index (χ2n) is 7.91. The molecule has 0 spiro atoms. The summed E-state index contributed by atoms with van der Waals surface area (Å²) in [6.07, 6.45) is 2.12. The summed E-state index contributed by atoms with van der Waals surface area (Å²) in [7, 11) is 1.57. The molecular formula is C24H25ClN2O3. The molecule has 0 N–H and O–H groups in total. The van der Waals surface area contributed by atoms with Crippen LogP contribution >= 0.6 is 11.6 Å². The number of amides is 2. The van der Waals surface area contributed by atoms with Crippen molar-refractivity contribution >= 4 is 29.0 Å². The van der Waals surface area contributed by atoms with E-state index in [1.807, 2.05) is 42.5 Å². The molecule has 1 saturated heterocycles. The Hall–Kier alpha value is -2.79. The Morgan fingerprint density at radius 2 is 1.80 bits per heavy atom. The van der Waals surface area contributed by atoms with E-state index in [4.69, 9.17) is 16.3 Å². The highest BCUT2D eigenvalue weighted by Crippen LogP contribution is 2.38.